The summed E-state index contributed by atoms with van der Waals surface area (Å²) < 4.78 is 0. The Morgan fingerprint density at radius 1 is 1.38 bits per heavy atom. The third kappa shape index (κ3) is 2.47. The molecule has 2 saturated heterocycles. The summed E-state index contributed by atoms with van der Waals surface area (Å²) in [6.45, 7) is 1.09. The fourth-order valence-corrected chi connectivity index (χ4v) is 3.19. The number of fused-ring (bicyclic) bond motifs is 1. The van der Waals surface area contributed by atoms with E-state index in [1.54, 1.807) is 28.0 Å². The van der Waals surface area contributed by atoms with Crippen molar-refractivity contribution >= 4 is 23.4 Å². The van der Waals surface area contributed by atoms with Gasteiger partial charge in [0.15, 0.2) is 0 Å². The lowest BCUT2D eigenvalue weighted by atomic mass is 10.1. The predicted molar refractivity (Wildman–Crippen MR) is 76.3 cm³/mol. The van der Waals surface area contributed by atoms with Gasteiger partial charge < -0.3 is 9.80 Å². The zero-order valence-electron chi connectivity index (χ0n) is 11.4. The second kappa shape index (κ2) is 5.38. The monoisotopic (exact) mass is 303 g/mol. The smallest absolute Gasteiger partial charge is 0.246 e. The van der Waals surface area contributed by atoms with Crippen LogP contribution in [0.4, 0.5) is 0 Å². The average molecular weight is 304 g/mol. The zero-order chi connectivity index (χ0) is 15.0. The van der Waals surface area contributed by atoms with Crippen molar-refractivity contribution in [3.05, 3.63) is 34.3 Å². The van der Waals surface area contributed by atoms with Gasteiger partial charge in [0.2, 0.25) is 11.8 Å². The highest BCUT2D eigenvalue weighted by Gasteiger charge is 2.41. The van der Waals surface area contributed by atoms with Crippen LogP contribution in [-0.4, -0.2) is 40.7 Å². The van der Waals surface area contributed by atoms with Crippen LogP contribution in [0, 0.1) is 11.3 Å². The van der Waals surface area contributed by atoms with Crippen LogP contribution in [-0.2, 0) is 16.1 Å². The van der Waals surface area contributed by atoms with Crippen molar-refractivity contribution in [2.24, 2.45) is 0 Å². The number of benzene rings is 1. The van der Waals surface area contributed by atoms with Crippen molar-refractivity contribution in [3.8, 4) is 6.07 Å². The Labute approximate surface area is 127 Å². The van der Waals surface area contributed by atoms with E-state index in [0.29, 0.717) is 23.7 Å². The summed E-state index contributed by atoms with van der Waals surface area (Å²) in [6.07, 6.45) is 1.62. The molecule has 0 radical (unpaired) electrons. The molecule has 1 unspecified atom stereocenters. The van der Waals surface area contributed by atoms with E-state index in [4.69, 9.17) is 16.9 Å². The van der Waals surface area contributed by atoms with E-state index in [0.717, 1.165) is 18.4 Å². The molecule has 1 atom stereocenters. The lowest BCUT2D eigenvalue weighted by Crippen LogP contribution is -2.56. The number of carbonyl (C=O) groups is 2. The highest BCUT2D eigenvalue weighted by atomic mass is 35.5. The zero-order valence-corrected chi connectivity index (χ0v) is 12.1. The molecule has 5 nitrogen and oxygen atoms in total. The first-order valence-corrected chi connectivity index (χ1v) is 7.24. The van der Waals surface area contributed by atoms with Crippen LogP contribution < -0.4 is 0 Å². The molecule has 2 heterocycles. The van der Waals surface area contributed by atoms with Crippen molar-refractivity contribution in [3.63, 3.8) is 0 Å². The summed E-state index contributed by atoms with van der Waals surface area (Å²) in [4.78, 5) is 27.7. The van der Waals surface area contributed by atoms with Gasteiger partial charge in [0.1, 0.15) is 12.6 Å². The van der Waals surface area contributed by atoms with E-state index < -0.39 is 0 Å². The molecule has 6 heteroatoms. The molecule has 1 aromatic rings. The minimum absolute atomic E-state index is 0.00173. The summed E-state index contributed by atoms with van der Waals surface area (Å²) in [6, 6.07) is 6.70. The van der Waals surface area contributed by atoms with Crippen molar-refractivity contribution in [2.75, 3.05) is 13.1 Å². The maximum absolute atomic E-state index is 12.4. The van der Waals surface area contributed by atoms with E-state index >= 15 is 0 Å². The van der Waals surface area contributed by atoms with Crippen LogP contribution >= 0.6 is 11.6 Å². The largest absolute Gasteiger partial charge is 0.329 e. The van der Waals surface area contributed by atoms with Crippen LogP contribution in [0.1, 0.15) is 24.0 Å². The molecule has 0 bridgehead atoms. The van der Waals surface area contributed by atoms with Crippen LogP contribution in [0.25, 0.3) is 0 Å². The Kier molecular flexibility index (Phi) is 3.56. The third-order valence-electron chi connectivity index (χ3n) is 4.04. The molecule has 0 spiro atoms. The second-order valence-electron chi connectivity index (χ2n) is 5.36. The number of nitriles is 1. The third-order valence-corrected chi connectivity index (χ3v) is 4.39. The van der Waals surface area contributed by atoms with Crippen molar-refractivity contribution in [1.29, 1.82) is 5.26 Å². The molecule has 21 heavy (non-hydrogen) atoms. The number of amides is 2. The van der Waals surface area contributed by atoms with E-state index in [1.165, 1.54) is 0 Å². The minimum atomic E-state index is -0.302. The summed E-state index contributed by atoms with van der Waals surface area (Å²) in [5.74, 6) is -0.00519. The number of carbonyl (C=O) groups excluding carboxylic acids is 2. The summed E-state index contributed by atoms with van der Waals surface area (Å²) in [5.41, 5.74) is 1.23. The van der Waals surface area contributed by atoms with Gasteiger partial charge >= 0.3 is 0 Å². The van der Waals surface area contributed by atoms with Gasteiger partial charge in [-0.25, -0.2) is 0 Å². The van der Waals surface area contributed by atoms with Crippen molar-refractivity contribution in [1.82, 2.24) is 9.80 Å². The Hall–Kier alpha value is -2.06. The molecule has 1 aromatic carbocycles. The highest BCUT2D eigenvalue weighted by molar-refractivity contribution is 6.31. The average Bonchev–Trinajstić information content (AvgIpc) is 2.96. The molecule has 0 saturated carbocycles. The fraction of sp³-hybridized carbons (Fsp3) is 0.400. The first-order valence-electron chi connectivity index (χ1n) is 6.87. The molecule has 2 fully saturated rings. The van der Waals surface area contributed by atoms with Crippen LogP contribution in [0.15, 0.2) is 18.2 Å². The number of piperazine rings is 1. The molecular formula is C15H14ClN3O2. The first-order chi connectivity index (χ1) is 10.1. The van der Waals surface area contributed by atoms with Crippen LogP contribution in [0.2, 0.25) is 5.02 Å². The summed E-state index contributed by atoms with van der Waals surface area (Å²) in [7, 11) is 0. The lowest BCUT2D eigenvalue weighted by Gasteiger charge is -2.36. The summed E-state index contributed by atoms with van der Waals surface area (Å²) >= 11 is 6.14. The van der Waals surface area contributed by atoms with E-state index in [1.807, 2.05) is 6.07 Å². The van der Waals surface area contributed by atoms with E-state index in [2.05, 4.69) is 0 Å². The van der Waals surface area contributed by atoms with Gasteiger partial charge in [-0.2, -0.15) is 5.26 Å². The Bertz CT molecular complexity index is 653. The van der Waals surface area contributed by atoms with E-state index in [9.17, 15) is 9.59 Å². The number of hydrogen-bond donors (Lipinski definition) is 0. The molecule has 0 aromatic heterocycles. The van der Waals surface area contributed by atoms with Gasteiger partial charge in [-0.15, -0.1) is 0 Å². The van der Waals surface area contributed by atoms with Gasteiger partial charge in [0.05, 0.1) is 11.6 Å². The standard InChI is InChI=1S/C15H14ClN3O2/c16-12-6-10(7-17)3-4-11(12)8-18-9-14(20)19-5-1-2-13(19)15(18)21/h3-4,6,13H,1-2,5,8-9H2. The maximum atomic E-state index is 12.4. The number of hydrogen-bond acceptors (Lipinski definition) is 3. The van der Waals surface area contributed by atoms with Crippen LogP contribution in [0.5, 0.6) is 0 Å². The van der Waals surface area contributed by atoms with Gasteiger partial charge in [0, 0.05) is 18.1 Å². The van der Waals surface area contributed by atoms with Gasteiger partial charge in [-0.3, -0.25) is 9.59 Å². The molecule has 2 amide bonds. The number of halogens is 1. The van der Waals surface area contributed by atoms with E-state index in [-0.39, 0.29) is 24.4 Å². The van der Waals surface area contributed by atoms with Gasteiger partial charge in [-0.1, -0.05) is 17.7 Å². The molecule has 108 valence electrons. The van der Waals surface area contributed by atoms with Gasteiger partial charge in [-0.05, 0) is 30.5 Å². The Balaban J connectivity index is 1.80. The fourth-order valence-electron chi connectivity index (χ4n) is 2.95. The van der Waals surface area contributed by atoms with Gasteiger partial charge in [0.25, 0.3) is 0 Å². The number of nitrogens with zero attached hydrogens (tertiary/aromatic N) is 3. The molecule has 3 rings (SSSR count). The summed E-state index contributed by atoms with van der Waals surface area (Å²) in [5, 5.41) is 9.28. The van der Waals surface area contributed by atoms with Crippen LogP contribution in [0.3, 0.4) is 0 Å². The second-order valence-corrected chi connectivity index (χ2v) is 5.76. The number of rotatable bonds is 2. The van der Waals surface area contributed by atoms with Crippen molar-refractivity contribution in [2.45, 2.75) is 25.4 Å². The molecule has 2 aliphatic rings. The van der Waals surface area contributed by atoms with Crippen molar-refractivity contribution < 1.29 is 9.59 Å². The molecule has 2 aliphatic heterocycles. The quantitative estimate of drug-likeness (QED) is 0.832. The lowest BCUT2D eigenvalue weighted by molar-refractivity contribution is -0.154. The normalized spacial score (nSPS) is 21.4. The Morgan fingerprint density at radius 2 is 2.19 bits per heavy atom. The molecule has 0 aliphatic carbocycles. The SMILES string of the molecule is N#Cc1ccc(CN2CC(=O)N3CCCC3C2=O)c(Cl)c1. The highest BCUT2D eigenvalue weighted by Crippen LogP contribution is 2.26. The predicted octanol–water partition coefficient (Wildman–Crippen LogP) is 1.54. The topological polar surface area (TPSA) is 64.4 Å². The Morgan fingerprint density at radius 3 is 2.90 bits per heavy atom. The first kappa shape index (κ1) is 13.9. The minimum Gasteiger partial charge on any atom is -0.329 e. The molecular weight excluding hydrogens is 290 g/mol. The molecule has 0 N–H and O–H groups in total. The maximum Gasteiger partial charge on any atom is 0.246 e.